The highest BCUT2D eigenvalue weighted by molar-refractivity contribution is 6.01. The monoisotopic (exact) mass is 337 g/mol. The van der Waals surface area contributed by atoms with Crippen LogP contribution in [-0.2, 0) is 19.7 Å². The number of hydrogen-bond donors (Lipinski definition) is 0. The van der Waals surface area contributed by atoms with Crippen molar-refractivity contribution in [2.75, 3.05) is 13.7 Å². The fraction of sp³-hybridized carbons (Fsp3) is 0.529. The number of ketones is 1. The second-order valence-corrected chi connectivity index (χ2v) is 5.34. The van der Waals surface area contributed by atoms with E-state index in [1.165, 1.54) is 19.2 Å². The molecule has 0 fully saturated rings. The third-order valence-electron chi connectivity index (χ3n) is 4.28. The van der Waals surface area contributed by atoms with E-state index in [1.807, 2.05) is 13.8 Å². The van der Waals surface area contributed by atoms with Crippen LogP contribution in [0.3, 0.4) is 0 Å². The van der Waals surface area contributed by atoms with E-state index in [-0.39, 0.29) is 30.2 Å². The van der Waals surface area contributed by atoms with E-state index in [4.69, 9.17) is 9.47 Å². The number of hydrogen-bond acceptors (Lipinski definition) is 6. The van der Waals surface area contributed by atoms with E-state index >= 15 is 0 Å². The maximum Gasteiger partial charge on any atom is 0.313 e. The maximum atomic E-state index is 12.7. The van der Waals surface area contributed by atoms with Gasteiger partial charge >= 0.3 is 11.7 Å². The van der Waals surface area contributed by atoms with Crippen molar-refractivity contribution < 1.29 is 24.0 Å². The molecule has 1 rings (SSSR count). The summed E-state index contributed by atoms with van der Waals surface area (Å²) in [4.78, 5) is 35.1. The zero-order chi connectivity index (χ0) is 18.3. The van der Waals surface area contributed by atoms with Crippen molar-refractivity contribution in [3.63, 3.8) is 0 Å². The van der Waals surface area contributed by atoms with Gasteiger partial charge in [0, 0.05) is 6.07 Å². The van der Waals surface area contributed by atoms with Crippen LogP contribution in [0.15, 0.2) is 18.2 Å². The number of nitrogens with zero attached hydrogens (tertiary/aromatic N) is 1. The van der Waals surface area contributed by atoms with Gasteiger partial charge in [-0.25, -0.2) is 0 Å². The van der Waals surface area contributed by atoms with Crippen molar-refractivity contribution in [2.45, 2.75) is 45.4 Å². The summed E-state index contributed by atoms with van der Waals surface area (Å²) in [7, 11) is 1.35. The lowest BCUT2D eigenvalue weighted by Crippen LogP contribution is -2.36. The molecule has 7 heteroatoms. The van der Waals surface area contributed by atoms with Crippen LogP contribution >= 0.6 is 0 Å². The molecule has 0 aromatic heterocycles. The molecule has 132 valence electrons. The summed E-state index contributed by atoms with van der Waals surface area (Å²) < 4.78 is 9.84. The average molecular weight is 337 g/mol. The highest BCUT2D eigenvalue weighted by atomic mass is 16.6. The zero-order valence-electron chi connectivity index (χ0n) is 14.5. The highest BCUT2D eigenvalue weighted by Crippen LogP contribution is 2.38. The molecule has 0 N–H and O–H groups in total. The van der Waals surface area contributed by atoms with Crippen molar-refractivity contribution in [3.05, 3.63) is 33.9 Å². The minimum atomic E-state index is -0.968. The number of nitro groups is 1. The molecule has 0 aliphatic carbocycles. The van der Waals surface area contributed by atoms with E-state index in [9.17, 15) is 19.7 Å². The summed E-state index contributed by atoms with van der Waals surface area (Å²) in [5.74, 6) is -0.759. The number of esters is 1. The average Bonchev–Trinajstić information content (AvgIpc) is 2.56. The summed E-state index contributed by atoms with van der Waals surface area (Å²) in [5, 5.41) is 11.2. The van der Waals surface area contributed by atoms with Gasteiger partial charge in [-0.05, 0) is 31.4 Å². The Balaban J connectivity index is 3.33. The van der Waals surface area contributed by atoms with Crippen molar-refractivity contribution in [2.24, 2.45) is 0 Å². The number of Topliss-reactive ketones (excluding diaryl/α,β-unsaturated/α-hetero) is 1. The molecule has 0 saturated carbocycles. The number of carbonyl (C=O) groups excluding carboxylic acids is 2. The van der Waals surface area contributed by atoms with E-state index in [2.05, 4.69) is 0 Å². The molecule has 0 saturated heterocycles. The Hall–Kier alpha value is -2.44. The van der Waals surface area contributed by atoms with Crippen LogP contribution in [0.2, 0.25) is 0 Å². The predicted molar refractivity (Wildman–Crippen MR) is 88.2 cm³/mol. The summed E-state index contributed by atoms with van der Waals surface area (Å²) >= 11 is 0. The van der Waals surface area contributed by atoms with Crippen LogP contribution in [0.5, 0.6) is 5.75 Å². The van der Waals surface area contributed by atoms with Crippen LogP contribution in [-0.4, -0.2) is 30.4 Å². The first-order chi connectivity index (χ1) is 11.4. The normalized spacial score (nSPS) is 11.0. The number of rotatable bonds is 9. The molecular formula is C17H23NO6. The molecule has 7 nitrogen and oxygen atoms in total. The molecule has 0 heterocycles. The minimum absolute atomic E-state index is 0.127. The van der Waals surface area contributed by atoms with Gasteiger partial charge in [0.2, 0.25) is 0 Å². The molecule has 1 aromatic rings. The second-order valence-electron chi connectivity index (χ2n) is 5.34. The van der Waals surface area contributed by atoms with Gasteiger partial charge in [0.05, 0.1) is 24.1 Å². The highest BCUT2D eigenvalue weighted by Gasteiger charge is 2.39. The Morgan fingerprint density at radius 2 is 1.83 bits per heavy atom. The zero-order valence-corrected chi connectivity index (χ0v) is 14.5. The quantitative estimate of drug-likeness (QED) is 0.297. The van der Waals surface area contributed by atoms with Crippen LogP contribution in [0.25, 0.3) is 0 Å². The van der Waals surface area contributed by atoms with E-state index in [1.54, 1.807) is 13.0 Å². The largest absolute Gasteiger partial charge is 0.490 e. The Morgan fingerprint density at radius 3 is 2.29 bits per heavy atom. The number of ether oxygens (including phenoxy) is 2. The van der Waals surface area contributed by atoms with Crippen molar-refractivity contribution in [1.29, 1.82) is 0 Å². The molecule has 0 aliphatic rings. The Kier molecular flexibility index (Phi) is 6.88. The molecule has 0 spiro atoms. The lowest BCUT2D eigenvalue weighted by atomic mass is 9.71. The van der Waals surface area contributed by atoms with Gasteiger partial charge in [0.1, 0.15) is 6.42 Å². The number of nitro benzene ring substituents is 1. The minimum Gasteiger partial charge on any atom is -0.490 e. The number of benzene rings is 1. The topological polar surface area (TPSA) is 95.7 Å². The van der Waals surface area contributed by atoms with Crippen molar-refractivity contribution in [1.82, 2.24) is 0 Å². The van der Waals surface area contributed by atoms with Gasteiger partial charge < -0.3 is 9.47 Å². The predicted octanol–water partition coefficient (Wildman–Crippen LogP) is 3.18. The molecule has 0 bridgehead atoms. The first-order valence-corrected chi connectivity index (χ1v) is 7.88. The molecule has 1 aromatic carbocycles. The lowest BCUT2D eigenvalue weighted by Gasteiger charge is -2.30. The van der Waals surface area contributed by atoms with E-state index in [0.717, 1.165) is 0 Å². The summed E-state index contributed by atoms with van der Waals surface area (Å²) in [6.45, 7) is 5.51. The van der Waals surface area contributed by atoms with Gasteiger partial charge in [0.25, 0.3) is 0 Å². The first kappa shape index (κ1) is 19.6. The molecule has 0 atom stereocenters. The summed E-state index contributed by atoms with van der Waals surface area (Å²) in [5.41, 5.74) is -0.663. The van der Waals surface area contributed by atoms with Gasteiger partial charge in [0.15, 0.2) is 11.5 Å². The van der Waals surface area contributed by atoms with Crippen LogP contribution < -0.4 is 4.74 Å². The fourth-order valence-corrected chi connectivity index (χ4v) is 2.86. The third-order valence-corrected chi connectivity index (χ3v) is 4.28. The van der Waals surface area contributed by atoms with E-state index in [0.29, 0.717) is 18.4 Å². The first-order valence-electron chi connectivity index (χ1n) is 7.88. The van der Waals surface area contributed by atoms with Crippen molar-refractivity contribution >= 4 is 17.4 Å². The molecule has 0 radical (unpaired) electrons. The number of methoxy groups -OCH3 is 1. The fourth-order valence-electron chi connectivity index (χ4n) is 2.86. The molecule has 0 aliphatic heterocycles. The SMILES string of the molecule is CCOC(=O)CC(=O)C(CC)(CC)c1ccc(OC)c([N+](=O)[O-])c1. The lowest BCUT2D eigenvalue weighted by molar-refractivity contribution is -0.385. The van der Waals surface area contributed by atoms with Crippen LogP contribution in [0.4, 0.5) is 5.69 Å². The Morgan fingerprint density at radius 1 is 1.21 bits per heavy atom. The summed E-state index contributed by atoms with van der Waals surface area (Å²) in [6, 6.07) is 4.47. The Labute approximate surface area is 141 Å². The van der Waals surface area contributed by atoms with E-state index < -0.39 is 16.3 Å². The van der Waals surface area contributed by atoms with Crippen molar-refractivity contribution in [3.8, 4) is 5.75 Å². The van der Waals surface area contributed by atoms with Gasteiger partial charge in [-0.15, -0.1) is 0 Å². The van der Waals surface area contributed by atoms with Gasteiger partial charge in [-0.2, -0.15) is 0 Å². The molecule has 0 unspecified atom stereocenters. The second kappa shape index (κ2) is 8.42. The summed E-state index contributed by atoms with van der Waals surface area (Å²) in [6.07, 6.45) is 0.492. The van der Waals surface area contributed by atoms with Crippen LogP contribution in [0.1, 0.15) is 45.6 Å². The molecular weight excluding hydrogens is 314 g/mol. The Bertz CT molecular complexity index is 622. The molecule has 0 amide bonds. The van der Waals surface area contributed by atoms with Crippen LogP contribution in [0, 0.1) is 10.1 Å². The molecule has 24 heavy (non-hydrogen) atoms. The number of carbonyl (C=O) groups is 2. The van der Waals surface area contributed by atoms with Gasteiger partial charge in [-0.1, -0.05) is 19.9 Å². The smallest absolute Gasteiger partial charge is 0.313 e. The third kappa shape index (κ3) is 3.90. The standard InChI is InChI=1S/C17H23NO6/c1-5-17(6-2,15(19)11-16(20)24-7-3)12-8-9-14(23-4)13(10-12)18(21)22/h8-10H,5-7,11H2,1-4H3. The maximum absolute atomic E-state index is 12.7. The van der Waals surface area contributed by atoms with Gasteiger partial charge in [-0.3, -0.25) is 19.7 Å².